The van der Waals surface area contributed by atoms with Crippen LogP contribution < -0.4 is 0 Å². The highest BCUT2D eigenvalue weighted by Gasteiger charge is 2.31. The number of ether oxygens (including phenoxy) is 1. The standard InChI is InChI=1S/C18H17F3O2/c1-17(2,16(22)23-3)14-9-7-12(8-10-14)13-5-4-6-15(11-13)18(19,20)21/h4-11H,1-3H3. The Bertz CT molecular complexity index is 701. The second-order valence-corrected chi connectivity index (χ2v) is 5.77. The summed E-state index contributed by atoms with van der Waals surface area (Å²) in [6, 6.07) is 12.0. The summed E-state index contributed by atoms with van der Waals surface area (Å²) >= 11 is 0. The Morgan fingerprint density at radius 1 is 0.913 bits per heavy atom. The molecule has 0 heterocycles. The van der Waals surface area contributed by atoms with Gasteiger partial charge in [0.2, 0.25) is 0 Å². The Balaban J connectivity index is 2.36. The first-order chi connectivity index (χ1) is 10.7. The van der Waals surface area contributed by atoms with Crippen LogP contribution in [0.2, 0.25) is 0 Å². The molecule has 2 rings (SSSR count). The monoisotopic (exact) mass is 322 g/mol. The highest BCUT2D eigenvalue weighted by molar-refractivity contribution is 5.82. The Labute approximate surface area is 132 Å². The van der Waals surface area contributed by atoms with Gasteiger partial charge in [-0.05, 0) is 42.7 Å². The minimum absolute atomic E-state index is 0.371. The number of halogens is 3. The molecule has 0 atom stereocenters. The number of benzene rings is 2. The Morgan fingerprint density at radius 3 is 2.04 bits per heavy atom. The minimum atomic E-state index is -4.37. The average molecular weight is 322 g/mol. The van der Waals surface area contributed by atoms with Gasteiger partial charge >= 0.3 is 12.1 Å². The molecule has 0 aliphatic heterocycles. The van der Waals surface area contributed by atoms with Crippen LogP contribution in [0.4, 0.5) is 13.2 Å². The van der Waals surface area contributed by atoms with Crippen LogP contribution in [-0.4, -0.2) is 13.1 Å². The molecule has 0 N–H and O–H groups in total. The highest BCUT2D eigenvalue weighted by atomic mass is 19.4. The molecular formula is C18H17F3O2. The Kier molecular flexibility index (Phi) is 4.50. The third kappa shape index (κ3) is 3.55. The van der Waals surface area contributed by atoms with Crippen molar-refractivity contribution in [2.45, 2.75) is 25.4 Å². The van der Waals surface area contributed by atoms with Crippen LogP contribution >= 0.6 is 0 Å². The third-order valence-corrected chi connectivity index (χ3v) is 3.83. The van der Waals surface area contributed by atoms with Crippen molar-refractivity contribution < 1.29 is 22.7 Å². The lowest BCUT2D eigenvalue weighted by Gasteiger charge is -2.22. The summed E-state index contributed by atoms with van der Waals surface area (Å²) in [5, 5.41) is 0. The number of hydrogen-bond donors (Lipinski definition) is 0. The zero-order valence-electron chi connectivity index (χ0n) is 13.1. The first kappa shape index (κ1) is 17.1. The second kappa shape index (κ2) is 6.07. The van der Waals surface area contributed by atoms with Gasteiger partial charge in [0.15, 0.2) is 0 Å². The van der Waals surface area contributed by atoms with Gasteiger partial charge in [0.25, 0.3) is 0 Å². The van der Waals surface area contributed by atoms with Crippen molar-refractivity contribution in [2.75, 3.05) is 7.11 Å². The van der Waals surface area contributed by atoms with Crippen molar-refractivity contribution in [3.05, 3.63) is 59.7 Å². The van der Waals surface area contributed by atoms with E-state index in [9.17, 15) is 18.0 Å². The lowest BCUT2D eigenvalue weighted by Crippen LogP contribution is -2.30. The van der Waals surface area contributed by atoms with Crippen molar-refractivity contribution in [2.24, 2.45) is 0 Å². The SMILES string of the molecule is COC(=O)C(C)(C)c1ccc(-c2cccc(C(F)(F)F)c2)cc1. The quantitative estimate of drug-likeness (QED) is 0.757. The zero-order chi connectivity index (χ0) is 17.3. The molecule has 5 heteroatoms. The van der Waals surface area contributed by atoms with E-state index in [0.717, 1.165) is 17.7 Å². The summed E-state index contributed by atoms with van der Waals surface area (Å²) in [7, 11) is 1.32. The number of alkyl halides is 3. The van der Waals surface area contributed by atoms with Crippen molar-refractivity contribution in [3.8, 4) is 11.1 Å². The predicted molar refractivity (Wildman–Crippen MR) is 81.9 cm³/mol. The van der Waals surface area contributed by atoms with Crippen LogP contribution in [0, 0.1) is 0 Å². The molecule has 2 aromatic carbocycles. The molecule has 0 amide bonds. The molecule has 0 saturated carbocycles. The third-order valence-electron chi connectivity index (χ3n) is 3.83. The molecule has 122 valence electrons. The lowest BCUT2D eigenvalue weighted by atomic mass is 9.84. The molecule has 2 nitrogen and oxygen atoms in total. The number of hydrogen-bond acceptors (Lipinski definition) is 2. The largest absolute Gasteiger partial charge is 0.468 e. The zero-order valence-corrected chi connectivity index (χ0v) is 13.1. The molecule has 2 aromatic rings. The summed E-state index contributed by atoms with van der Waals surface area (Å²) in [6.45, 7) is 3.47. The molecule has 23 heavy (non-hydrogen) atoms. The van der Waals surface area contributed by atoms with Gasteiger partial charge in [-0.25, -0.2) is 0 Å². The van der Waals surface area contributed by atoms with E-state index in [1.165, 1.54) is 13.2 Å². The topological polar surface area (TPSA) is 26.3 Å². The van der Waals surface area contributed by atoms with Crippen molar-refractivity contribution >= 4 is 5.97 Å². The fourth-order valence-corrected chi connectivity index (χ4v) is 2.33. The molecule has 0 fully saturated rings. The summed E-state index contributed by atoms with van der Waals surface area (Å²) in [6.07, 6.45) is -4.37. The van der Waals surface area contributed by atoms with Crippen molar-refractivity contribution in [1.29, 1.82) is 0 Å². The van der Waals surface area contributed by atoms with Gasteiger partial charge in [0.1, 0.15) is 0 Å². The van der Waals surface area contributed by atoms with Crippen LogP contribution in [0.25, 0.3) is 11.1 Å². The maximum Gasteiger partial charge on any atom is 0.416 e. The van der Waals surface area contributed by atoms with E-state index >= 15 is 0 Å². The molecule has 0 aliphatic rings. The minimum Gasteiger partial charge on any atom is -0.468 e. The molecule has 0 aromatic heterocycles. The molecular weight excluding hydrogens is 305 g/mol. The summed E-state index contributed by atoms with van der Waals surface area (Å²) in [5.74, 6) is -0.371. The van der Waals surface area contributed by atoms with E-state index in [1.54, 1.807) is 44.2 Å². The van der Waals surface area contributed by atoms with Gasteiger partial charge in [-0.2, -0.15) is 13.2 Å². The van der Waals surface area contributed by atoms with E-state index in [2.05, 4.69) is 0 Å². The fraction of sp³-hybridized carbons (Fsp3) is 0.278. The smallest absolute Gasteiger partial charge is 0.416 e. The first-order valence-electron chi connectivity index (χ1n) is 7.03. The summed E-state index contributed by atoms with van der Waals surface area (Å²) in [5.41, 5.74) is 0.359. The van der Waals surface area contributed by atoms with Crippen LogP contribution in [0.3, 0.4) is 0 Å². The van der Waals surface area contributed by atoms with Gasteiger partial charge in [0.05, 0.1) is 18.1 Å². The Morgan fingerprint density at radius 2 is 1.52 bits per heavy atom. The van der Waals surface area contributed by atoms with Crippen molar-refractivity contribution in [1.82, 2.24) is 0 Å². The molecule has 0 unspecified atom stereocenters. The number of carbonyl (C=O) groups excluding carboxylic acids is 1. The second-order valence-electron chi connectivity index (χ2n) is 5.77. The normalized spacial score (nSPS) is 12.1. The molecule has 0 bridgehead atoms. The van der Waals surface area contributed by atoms with E-state index in [0.29, 0.717) is 11.1 Å². The van der Waals surface area contributed by atoms with Gasteiger partial charge in [-0.3, -0.25) is 4.79 Å². The predicted octanol–water partition coefficient (Wildman–Crippen LogP) is 4.82. The maximum atomic E-state index is 12.8. The van der Waals surface area contributed by atoms with Gasteiger partial charge in [-0.1, -0.05) is 36.4 Å². The van der Waals surface area contributed by atoms with Crippen molar-refractivity contribution in [3.63, 3.8) is 0 Å². The van der Waals surface area contributed by atoms with Crippen LogP contribution in [0.1, 0.15) is 25.0 Å². The summed E-state index contributed by atoms with van der Waals surface area (Å²) < 4.78 is 43.1. The van der Waals surface area contributed by atoms with Gasteiger partial charge in [0, 0.05) is 0 Å². The summed E-state index contributed by atoms with van der Waals surface area (Å²) in [4.78, 5) is 11.8. The van der Waals surface area contributed by atoms with Crippen LogP contribution in [0.5, 0.6) is 0 Å². The first-order valence-corrected chi connectivity index (χ1v) is 7.03. The Hall–Kier alpha value is -2.30. The molecule has 0 saturated heterocycles. The maximum absolute atomic E-state index is 12.8. The molecule has 0 aliphatic carbocycles. The van der Waals surface area contributed by atoms with Gasteiger partial charge < -0.3 is 4.74 Å². The van der Waals surface area contributed by atoms with Gasteiger partial charge in [-0.15, -0.1) is 0 Å². The number of methoxy groups -OCH3 is 1. The molecule has 0 spiro atoms. The lowest BCUT2D eigenvalue weighted by molar-refractivity contribution is -0.146. The van der Waals surface area contributed by atoms with E-state index in [4.69, 9.17) is 4.74 Å². The molecule has 0 radical (unpaired) electrons. The number of esters is 1. The van der Waals surface area contributed by atoms with E-state index < -0.39 is 17.2 Å². The highest BCUT2D eigenvalue weighted by Crippen LogP contribution is 2.33. The average Bonchev–Trinajstić information content (AvgIpc) is 2.53. The van der Waals surface area contributed by atoms with Crippen LogP contribution in [-0.2, 0) is 21.1 Å². The number of carbonyl (C=O) groups is 1. The number of rotatable bonds is 3. The van der Waals surface area contributed by atoms with E-state index in [1.807, 2.05) is 0 Å². The fourth-order valence-electron chi connectivity index (χ4n) is 2.33. The van der Waals surface area contributed by atoms with E-state index in [-0.39, 0.29) is 5.97 Å². The van der Waals surface area contributed by atoms with Crippen LogP contribution in [0.15, 0.2) is 48.5 Å².